The summed E-state index contributed by atoms with van der Waals surface area (Å²) in [6.45, 7) is 3.40. The number of benzene rings is 1. The summed E-state index contributed by atoms with van der Waals surface area (Å²) in [5.74, 6) is -0.0278. The van der Waals surface area contributed by atoms with Gasteiger partial charge in [-0.3, -0.25) is 4.79 Å². The lowest BCUT2D eigenvalue weighted by Crippen LogP contribution is -2.49. The molecule has 0 unspecified atom stereocenters. The van der Waals surface area contributed by atoms with Crippen molar-refractivity contribution in [2.24, 2.45) is 0 Å². The molecule has 0 aromatic heterocycles. The zero-order valence-corrected chi connectivity index (χ0v) is 13.7. The highest BCUT2D eigenvalue weighted by molar-refractivity contribution is 5.85. The van der Waals surface area contributed by atoms with Crippen LogP contribution in [0.2, 0.25) is 0 Å². The molecule has 1 aliphatic heterocycles. The van der Waals surface area contributed by atoms with Crippen molar-refractivity contribution in [1.29, 1.82) is 0 Å². The highest BCUT2D eigenvalue weighted by Crippen LogP contribution is 2.20. The summed E-state index contributed by atoms with van der Waals surface area (Å²) in [6.07, 6.45) is 0.524. The third kappa shape index (κ3) is 5.34. The first-order valence-corrected chi connectivity index (χ1v) is 6.64. The Morgan fingerprint density at radius 1 is 1.19 bits per heavy atom. The van der Waals surface area contributed by atoms with Gasteiger partial charge in [0.15, 0.2) is 0 Å². The maximum atomic E-state index is 13.7. The fraction of sp³-hybridized carbons (Fsp3) is 0.500. The Kier molecular flexibility index (Phi) is 9.33. The van der Waals surface area contributed by atoms with E-state index in [0.717, 1.165) is 0 Å². The SMILES string of the molecule is CNCCC(=O)N1CCN(c2ccccc2F)CC1.Cl.Cl. The average Bonchev–Trinajstić information content (AvgIpc) is 2.45. The average molecular weight is 338 g/mol. The van der Waals surface area contributed by atoms with Crippen molar-refractivity contribution in [1.82, 2.24) is 10.2 Å². The second-order valence-corrected chi connectivity index (χ2v) is 4.67. The highest BCUT2D eigenvalue weighted by atomic mass is 35.5. The van der Waals surface area contributed by atoms with Gasteiger partial charge in [0.2, 0.25) is 5.91 Å². The summed E-state index contributed by atoms with van der Waals surface area (Å²) >= 11 is 0. The molecule has 1 saturated heterocycles. The number of nitrogens with zero attached hydrogens (tertiary/aromatic N) is 2. The minimum absolute atomic E-state index is 0. The van der Waals surface area contributed by atoms with Crippen molar-refractivity contribution in [3.63, 3.8) is 0 Å². The van der Waals surface area contributed by atoms with E-state index in [1.165, 1.54) is 6.07 Å². The van der Waals surface area contributed by atoms with Crippen LogP contribution >= 0.6 is 24.8 Å². The standard InChI is InChI=1S/C14H20FN3O.2ClH/c1-16-7-6-14(19)18-10-8-17(9-11-18)13-5-3-2-4-12(13)15;;/h2-5,16H,6-11H2,1H3;2*1H. The van der Waals surface area contributed by atoms with Gasteiger partial charge in [-0.05, 0) is 19.2 Å². The summed E-state index contributed by atoms with van der Waals surface area (Å²) in [6, 6.07) is 6.78. The van der Waals surface area contributed by atoms with Crippen molar-refractivity contribution in [3.05, 3.63) is 30.1 Å². The van der Waals surface area contributed by atoms with E-state index in [2.05, 4.69) is 5.32 Å². The van der Waals surface area contributed by atoms with E-state index in [0.29, 0.717) is 44.8 Å². The van der Waals surface area contributed by atoms with E-state index in [-0.39, 0.29) is 36.5 Å². The molecule has 1 aromatic carbocycles. The highest BCUT2D eigenvalue weighted by Gasteiger charge is 2.21. The van der Waals surface area contributed by atoms with Crippen LogP contribution in [0.3, 0.4) is 0 Å². The van der Waals surface area contributed by atoms with Gasteiger partial charge in [0.25, 0.3) is 0 Å². The number of carbonyl (C=O) groups is 1. The molecule has 0 bridgehead atoms. The number of piperazine rings is 1. The molecule has 4 nitrogen and oxygen atoms in total. The van der Waals surface area contributed by atoms with Gasteiger partial charge in [0.05, 0.1) is 5.69 Å². The molecule has 1 heterocycles. The second kappa shape index (κ2) is 9.82. The Morgan fingerprint density at radius 3 is 2.38 bits per heavy atom. The molecule has 1 N–H and O–H groups in total. The summed E-state index contributed by atoms with van der Waals surface area (Å²) in [4.78, 5) is 15.7. The minimum Gasteiger partial charge on any atom is -0.366 e. The summed E-state index contributed by atoms with van der Waals surface area (Å²) in [5, 5.41) is 2.97. The Hall–Kier alpha value is -1.04. The number of para-hydroxylation sites is 1. The maximum absolute atomic E-state index is 13.7. The number of hydrogen-bond acceptors (Lipinski definition) is 3. The van der Waals surface area contributed by atoms with E-state index < -0.39 is 0 Å². The molecular formula is C14H22Cl2FN3O. The van der Waals surface area contributed by atoms with Crippen LogP contribution in [0.15, 0.2) is 24.3 Å². The topological polar surface area (TPSA) is 35.6 Å². The zero-order chi connectivity index (χ0) is 13.7. The molecule has 1 amide bonds. The molecule has 0 saturated carbocycles. The van der Waals surface area contributed by atoms with Crippen LogP contribution in [0.25, 0.3) is 0 Å². The third-order valence-electron chi connectivity index (χ3n) is 3.41. The quantitative estimate of drug-likeness (QED) is 0.911. The van der Waals surface area contributed by atoms with Gasteiger partial charge < -0.3 is 15.1 Å². The molecule has 21 heavy (non-hydrogen) atoms. The second-order valence-electron chi connectivity index (χ2n) is 4.67. The number of rotatable bonds is 4. The van der Waals surface area contributed by atoms with Crippen LogP contribution in [0.5, 0.6) is 0 Å². The number of hydrogen-bond donors (Lipinski definition) is 1. The molecule has 0 spiro atoms. The van der Waals surface area contributed by atoms with Gasteiger partial charge in [0, 0.05) is 39.1 Å². The maximum Gasteiger partial charge on any atom is 0.223 e. The lowest BCUT2D eigenvalue weighted by atomic mass is 10.2. The van der Waals surface area contributed by atoms with E-state index in [1.807, 2.05) is 22.9 Å². The Morgan fingerprint density at radius 2 is 1.81 bits per heavy atom. The molecule has 120 valence electrons. The van der Waals surface area contributed by atoms with Crippen LogP contribution in [-0.4, -0.2) is 50.6 Å². The molecule has 1 aliphatic rings. The Bertz CT molecular complexity index is 440. The van der Waals surface area contributed by atoms with Crippen LogP contribution in [0, 0.1) is 5.82 Å². The van der Waals surface area contributed by atoms with Crippen molar-refractivity contribution in [2.45, 2.75) is 6.42 Å². The van der Waals surface area contributed by atoms with Crippen LogP contribution in [0.1, 0.15) is 6.42 Å². The normalized spacial score (nSPS) is 14.2. The monoisotopic (exact) mass is 337 g/mol. The van der Waals surface area contributed by atoms with Crippen LogP contribution < -0.4 is 10.2 Å². The summed E-state index contributed by atoms with van der Waals surface area (Å²) < 4.78 is 13.7. The number of carbonyl (C=O) groups excluding carboxylic acids is 1. The largest absolute Gasteiger partial charge is 0.366 e. The van der Waals surface area contributed by atoms with Crippen molar-refractivity contribution < 1.29 is 9.18 Å². The molecule has 7 heteroatoms. The van der Waals surface area contributed by atoms with Crippen molar-refractivity contribution in [3.8, 4) is 0 Å². The molecule has 0 atom stereocenters. The van der Waals surface area contributed by atoms with Crippen molar-refractivity contribution >= 4 is 36.4 Å². The first-order chi connectivity index (χ1) is 9.22. The Labute approximate surface area is 137 Å². The molecule has 1 aromatic rings. The van der Waals surface area contributed by atoms with Crippen molar-refractivity contribution in [2.75, 3.05) is 44.7 Å². The first kappa shape index (κ1) is 20.0. The van der Waals surface area contributed by atoms with Crippen LogP contribution in [-0.2, 0) is 4.79 Å². The summed E-state index contributed by atoms with van der Waals surface area (Å²) in [5.41, 5.74) is 0.629. The molecular weight excluding hydrogens is 316 g/mol. The third-order valence-corrected chi connectivity index (χ3v) is 3.41. The smallest absolute Gasteiger partial charge is 0.223 e. The van der Waals surface area contributed by atoms with Gasteiger partial charge >= 0.3 is 0 Å². The molecule has 0 radical (unpaired) electrons. The van der Waals surface area contributed by atoms with Crippen LogP contribution in [0.4, 0.5) is 10.1 Å². The van der Waals surface area contributed by atoms with Gasteiger partial charge in [-0.25, -0.2) is 4.39 Å². The first-order valence-electron chi connectivity index (χ1n) is 6.64. The van der Waals surface area contributed by atoms with Gasteiger partial charge in [0.1, 0.15) is 5.82 Å². The van der Waals surface area contributed by atoms with E-state index in [1.54, 1.807) is 12.1 Å². The van der Waals surface area contributed by atoms with Gasteiger partial charge in [-0.1, -0.05) is 12.1 Å². The molecule has 1 fully saturated rings. The fourth-order valence-electron chi connectivity index (χ4n) is 2.29. The molecule has 2 rings (SSSR count). The molecule has 0 aliphatic carbocycles. The predicted octanol–water partition coefficient (Wildman–Crippen LogP) is 1.93. The lowest BCUT2D eigenvalue weighted by Gasteiger charge is -2.36. The number of nitrogens with one attached hydrogen (secondary N) is 1. The van der Waals surface area contributed by atoms with Gasteiger partial charge in [-0.15, -0.1) is 24.8 Å². The van der Waals surface area contributed by atoms with E-state index in [4.69, 9.17) is 0 Å². The van der Waals surface area contributed by atoms with Gasteiger partial charge in [-0.2, -0.15) is 0 Å². The number of halogens is 3. The fourth-order valence-corrected chi connectivity index (χ4v) is 2.29. The number of anilines is 1. The summed E-state index contributed by atoms with van der Waals surface area (Å²) in [7, 11) is 1.84. The number of amides is 1. The Balaban J connectivity index is 0.00000200. The van der Waals surface area contributed by atoms with E-state index in [9.17, 15) is 9.18 Å². The minimum atomic E-state index is -0.197. The lowest BCUT2D eigenvalue weighted by molar-refractivity contribution is -0.131. The van der Waals surface area contributed by atoms with E-state index >= 15 is 0 Å². The zero-order valence-electron chi connectivity index (χ0n) is 12.0. The predicted molar refractivity (Wildman–Crippen MR) is 88.2 cm³/mol.